The quantitative estimate of drug-likeness (QED) is 0.335. The van der Waals surface area contributed by atoms with Crippen molar-refractivity contribution in [2.75, 3.05) is 18.4 Å². The first-order valence-corrected chi connectivity index (χ1v) is 12.0. The largest absolute Gasteiger partial charge is 0.481 e. The van der Waals surface area contributed by atoms with Crippen LogP contribution in [0.5, 0.6) is 0 Å². The molecule has 0 radical (unpaired) electrons. The fourth-order valence-electron chi connectivity index (χ4n) is 4.46. The zero-order chi connectivity index (χ0) is 26.9. The third kappa shape index (κ3) is 5.29. The maximum atomic E-state index is 13.3. The van der Waals surface area contributed by atoms with Crippen molar-refractivity contribution >= 4 is 34.4 Å². The SMILES string of the molecule is O=C(O)C1CCN(C(=O)c2ccc(Nc3nc4cc(C(F)(F)F)ccc4nc3-c3ccccc3)cc2)CC1. The van der Waals surface area contributed by atoms with Gasteiger partial charge in [-0.05, 0) is 55.3 Å². The van der Waals surface area contributed by atoms with E-state index in [-0.39, 0.29) is 17.2 Å². The van der Waals surface area contributed by atoms with Gasteiger partial charge in [-0.2, -0.15) is 13.2 Å². The second-order valence-electron chi connectivity index (χ2n) is 9.10. The van der Waals surface area contributed by atoms with Crippen LogP contribution in [0.25, 0.3) is 22.3 Å². The van der Waals surface area contributed by atoms with Gasteiger partial charge in [-0.1, -0.05) is 30.3 Å². The number of carboxylic acid groups (broad SMARTS) is 1. The lowest BCUT2D eigenvalue weighted by atomic mass is 9.96. The Kier molecular flexibility index (Phi) is 6.71. The number of nitrogens with zero attached hydrogens (tertiary/aromatic N) is 3. The van der Waals surface area contributed by atoms with E-state index in [0.717, 1.165) is 17.7 Å². The van der Waals surface area contributed by atoms with Crippen LogP contribution < -0.4 is 5.32 Å². The van der Waals surface area contributed by atoms with Gasteiger partial charge in [0.25, 0.3) is 5.91 Å². The predicted octanol–water partition coefficient (Wildman–Crippen LogP) is 6.00. The number of anilines is 2. The fourth-order valence-corrected chi connectivity index (χ4v) is 4.46. The molecule has 3 aromatic carbocycles. The van der Waals surface area contributed by atoms with E-state index in [2.05, 4.69) is 15.3 Å². The highest BCUT2D eigenvalue weighted by molar-refractivity contribution is 5.95. The third-order valence-electron chi connectivity index (χ3n) is 6.56. The van der Waals surface area contributed by atoms with Gasteiger partial charge in [-0.25, -0.2) is 9.97 Å². The summed E-state index contributed by atoms with van der Waals surface area (Å²) in [6, 6.07) is 19.1. The van der Waals surface area contributed by atoms with Crippen LogP contribution in [0.3, 0.4) is 0 Å². The summed E-state index contributed by atoms with van der Waals surface area (Å²) in [6.45, 7) is 0.756. The molecule has 1 aliphatic heterocycles. The number of carbonyl (C=O) groups excluding carboxylic acids is 1. The van der Waals surface area contributed by atoms with Gasteiger partial charge in [0.1, 0.15) is 5.69 Å². The smallest absolute Gasteiger partial charge is 0.416 e. The summed E-state index contributed by atoms with van der Waals surface area (Å²) in [7, 11) is 0. The van der Waals surface area contributed by atoms with Crippen LogP contribution in [0.2, 0.25) is 0 Å². The number of piperidine rings is 1. The number of carboxylic acids is 1. The summed E-state index contributed by atoms with van der Waals surface area (Å²) in [5.74, 6) is -1.18. The Labute approximate surface area is 216 Å². The van der Waals surface area contributed by atoms with Gasteiger partial charge in [0.15, 0.2) is 5.82 Å². The number of amides is 1. The molecule has 0 atom stereocenters. The van der Waals surface area contributed by atoms with E-state index in [9.17, 15) is 22.8 Å². The van der Waals surface area contributed by atoms with Crippen LogP contribution in [0, 0.1) is 5.92 Å². The zero-order valence-electron chi connectivity index (χ0n) is 20.1. The standard InChI is InChI=1S/C28H23F3N4O3/c29-28(30,31)20-8-11-22-23(16-20)34-25(24(33-22)17-4-2-1-3-5-17)32-21-9-6-18(7-10-21)26(36)35-14-12-19(13-15-35)27(37)38/h1-11,16,19H,12-15H2,(H,32,34)(H,37,38). The molecule has 1 aliphatic rings. The molecule has 5 rings (SSSR count). The summed E-state index contributed by atoms with van der Waals surface area (Å²) in [5, 5.41) is 12.3. The lowest BCUT2D eigenvalue weighted by Crippen LogP contribution is -2.40. The molecule has 0 bridgehead atoms. The zero-order valence-corrected chi connectivity index (χ0v) is 20.1. The van der Waals surface area contributed by atoms with E-state index in [1.807, 2.05) is 30.3 Å². The number of carbonyl (C=O) groups is 2. The van der Waals surface area contributed by atoms with Crippen molar-refractivity contribution in [1.29, 1.82) is 0 Å². The molecule has 0 saturated carbocycles. The van der Waals surface area contributed by atoms with Crippen LogP contribution in [-0.2, 0) is 11.0 Å². The summed E-state index contributed by atoms with van der Waals surface area (Å²) in [4.78, 5) is 34.8. The van der Waals surface area contributed by atoms with Crippen LogP contribution in [0.4, 0.5) is 24.7 Å². The number of likely N-dealkylation sites (tertiary alicyclic amines) is 1. The average Bonchev–Trinajstić information content (AvgIpc) is 2.92. The third-order valence-corrected chi connectivity index (χ3v) is 6.56. The lowest BCUT2D eigenvalue weighted by molar-refractivity contribution is -0.143. The van der Waals surface area contributed by atoms with E-state index >= 15 is 0 Å². The van der Waals surface area contributed by atoms with Crippen LogP contribution >= 0.6 is 0 Å². The van der Waals surface area contributed by atoms with Gasteiger partial charge in [-0.3, -0.25) is 9.59 Å². The molecule has 1 saturated heterocycles. The molecule has 4 aromatic rings. The molecule has 0 aliphatic carbocycles. The number of nitrogens with one attached hydrogen (secondary N) is 1. The number of hydrogen-bond donors (Lipinski definition) is 2. The van der Waals surface area contributed by atoms with Gasteiger partial charge in [0.2, 0.25) is 0 Å². The highest BCUT2D eigenvalue weighted by Gasteiger charge is 2.31. The number of hydrogen-bond acceptors (Lipinski definition) is 5. The van der Waals surface area contributed by atoms with E-state index in [4.69, 9.17) is 5.11 Å². The molecule has 7 nitrogen and oxygen atoms in total. The molecule has 0 unspecified atom stereocenters. The van der Waals surface area contributed by atoms with Gasteiger partial charge in [0, 0.05) is 29.9 Å². The summed E-state index contributed by atoms with van der Waals surface area (Å²) >= 11 is 0. The topological polar surface area (TPSA) is 95.4 Å². The molecule has 194 valence electrons. The van der Waals surface area contributed by atoms with Crippen molar-refractivity contribution in [2.24, 2.45) is 5.92 Å². The normalized spacial score (nSPS) is 14.4. The van der Waals surface area contributed by atoms with E-state index < -0.39 is 23.6 Å². The fraction of sp³-hybridized carbons (Fsp3) is 0.214. The van der Waals surface area contributed by atoms with Crippen LogP contribution in [0.15, 0.2) is 72.8 Å². The highest BCUT2D eigenvalue weighted by Crippen LogP contribution is 2.34. The summed E-state index contributed by atoms with van der Waals surface area (Å²) in [5.41, 5.74) is 1.85. The molecule has 2 heterocycles. The second kappa shape index (κ2) is 10.1. The van der Waals surface area contributed by atoms with Crippen molar-refractivity contribution in [3.63, 3.8) is 0 Å². The Bertz CT molecular complexity index is 1480. The molecule has 0 spiro atoms. The minimum Gasteiger partial charge on any atom is -0.481 e. The van der Waals surface area contributed by atoms with Crippen molar-refractivity contribution in [1.82, 2.24) is 14.9 Å². The van der Waals surface area contributed by atoms with Gasteiger partial charge < -0.3 is 15.3 Å². The Morgan fingerprint density at radius 1 is 0.895 bits per heavy atom. The molecular weight excluding hydrogens is 497 g/mol. The van der Waals surface area contributed by atoms with E-state index in [0.29, 0.717) is 48.4 Å². The summed E-state index contributed by atoms with van der Waals surface area (Å²) < 4.78 is 39.8. The molecule has 1 aromatic heterocycles. The maximum Gasteiger partial charge on any atom is 0.416 e. The Morgan fingerprint density at radius 3 is 2.21 bits per heavy atom. The lowest BCUT2D eigenvalue weighted by Gasteiger charge is -2.30. The molecule has 2 N–H and O–H groups in total. The number of halogens is 3. The van der Waals surface area contributed by atoms with Gasteiger partial charge in [-0.15, -0.1) is 0 Å². The molecule has 10 heteroatoms. The van der Waals surface area contributed by atoms with Gasteiger partial charge in [0.05, 0.1) is 22.5 Å². The van der Waals surface area contributed by atoms with Crippen molar-refractivity contribution in [2.45, 2.75) is 19.0 Å². The first-order valence-electron chi connectivity index (χ1n) is 12.0. The van der Waals surface area contributed by atoms with Crippen LogP contribution in [0.1, 0.15) is 28.8 Å². The molecule has 1 amide bonds. The Balaban J connectivity index is 1.42. The van der Waals surface area contributed by atoms with Crippen molar-refractivity contribution in [3.05, 3.63) is 83.9 Å². The van der Waals surface area contributed by atoms with E-state index in [1.165, 1.54) is 6.07 Å². The van der Waals surface area contributed by atoms with E-state index in [1.54, 1.807) is 29.2 Å². The van der Waals surface area contributed by atoms with Crippen molar-refractivity contribution < 1.29 is 27.9 Å². The molecular formula is C28H23F3N4O3. The average molecular weight is 521 g/mol. The monoisotopic (exact) mass is 520 g/mol. The number of alkyl halides is 3. The molecule has 1 fully saturated rings. The Morgan fingerprint density at radius 2 is 1.58 bits per heavy atom. The molecule has 38 heavy (non-hydrogen) atoms. The highest BCUT2D eigenvalue weighted by atomic mass is 19.4. The van der Waals surface area contributed by atoms with Crippen LogP contribution in [-0.4, -0.2) is 44.9 Å². The number of benzene rings is 3. The second-order valence-corrected chi connectivity index (χ2v) is 9.10. The minimum absolute atomic E-state index is 0.0959. The minimum atomic E-state index is -4.51. The first-order chi connectivity index (χ1) is 18.2. The number of rotatable bonds is 5. The number of fused-ring (bicyclic) bond motifs is 1. The first kappa shape index (κ1) is 25.2. The predicted molar refractivity (Wildman–Crippen MR) is 136 cm³/mol. The summed E-state index contributed by atoms with van der Waals surface area (Å²) in [6.07, 6.45) is -3.67. The van der Waals surface area contributed by atoms with Crippen molar-refractivity contribution in [3.8, 4) is 11.3 Å². The number of aromatic nitrogens is 2. The van der Waals surface area contributed by atoms with Gasteiger partial charge >= 0.3 is 12.1 Å². The number of aliphatic carboxylic acids is 1. The maximum absolute atomic E-state index is 13.3. The Hall–Kier alpha value is -4.47.